The first-order chi connectivity index (χ1) is 12.1. The van der Waals surface area contributed by atoms with E-state index < -0.39 is 26.5 Å². The number of alkyl halides is 3. The molecule has 8 nitrogen and oxygen atoms in total. The zero-order valence-corrected chi connectivity index (χ0v) is 14.0. The van der Waals surface area contributed by atoms with Gasteiger partial charge in [0.2, 0.25) is 12.3 Å². The van der Waals surface area contributed by atoms with Crippen molar-refractivity contribution >= 4 is 21.7 Å². The van der Waals surface area contributed by atoms with Gasteiger partial charge in [0.15, 0.2) is 9.84 Å². The van der Waals surface area contributed by atoms with Crippen LogP contribution in [-0.4, -0.2) is 42.4 Å². The smallest absolute Gasteiger partial charge is 0.416 e. The summed E-state index contributed by atoms with van der Waals surface area (Å²) in [6, 6.07) is 2.58. The van der Waals surface area contributed by atoms with Crippen LogP contribution >= 0.6 is 0 Å². The van der Waals surface area contributed by atoms with Crippen molar-refractivity contribution in [3.8, 4) is 0 Å². The second-order valence-electron chi connectivity index (χ2n) is 5.34. The van der Waals surface area contributed by atoms with Crippen molar-refractivity contribution in [2.75, 3.05) is 12.9 Å². The van der Waals surface area contributed by atoms with Crippen LogP contribution in [0.5, 0.6) is 0 Å². The van der Waals surface area contributed by atoms with E-state index in [1.54, 1.807) is 0 Å². The molecule has 0 amide bonds. The summed E-state index contributed by atoms with van der Waals surface area (Å²) in [5.74, 6) is 0.342. The molecular formula is C14H12F3N5O3S. The van der Waals surface area contributed by atoms with E-state index in [9.17, 15) is 21.6 Å². The largest absolute Gasteiger partial charge is 0.424 e. The number of hydrogen-bond donors (Lipinski definition) is 1. The summed E-state index contributed by atoms with van der Waals surface area (Å²) in [6.45, 7) is 0.102. The van der Waals surface area contributed by atoms with Gasteiger partial charge < -0.3 is 4.42 Å². The molecule has 0 saturated carbocycles. The van der Waals surface area contributed by atoms with Crippen LogP contribution in [-0.2, 0) is 16.0 Å². The van der Waals surface area contributed by atoms with Crippen molar-refractivity contribution < 1.29 is 26.0 Å². The molecule has 0 atom stereocenters. The van der Waals surface area contributed by atoms with Crippen molar-refractivity contribution in [2.24, 2.45) is 4.99 Å². The number of aromatic nitrogens is 2. The van der Waals surface area contributed by atoms with Gasteiger partial charge in [0, 0.05) is 24.1 Å². The summed E-state index contributed by atoms with van der Waals surface area (Å²) < 4.78 is 67.6. The minimum atomic E-state index is -4.69. The predicted molar refractivity (Wildman–Crippen MR) is 84.3 cm³/mol. The van der Waals surface area contributed by atoms with Gasteiger partial charge in [-0.1, -0.05) is 0 Å². The SMILES string of the molecule is CS(=O)(=O)c1cc(C2=NCN(/C=C\c3nnco3)N2)cc(C(F)(F)F)c1. The minimum Gasteiger partial charge on any atom is -0.424 e. The molecule has 2 heterocycles. The normalized spacial score (nSPS) is 15.4. The van der Waals surface area contributed by atoms with Crippen LogP contribution in [0.1, 0.15) is 17.0 Å². The van der Waals surface area contributed by atoms with Crippen molar-refractivity contribution in [3.63, 3.8) is 0 Å². The molecule has 1 aromatic heterocycles. The summed E-state index contributed by atoms with van der Waals surface area (Å²) in [4.78, 5) is 3.65. The number of halogens is 3. The average Bonchev–Trinajstić information content (AvgIpc) is 3.22. The zero-order chi connectivity index (χ0) is 18.9. The monoisotopic (exact) mass is 387 g/mol. The molecule has 3 rings (SSSR count). The molecule has 26 heavy (non-hydrogen) atoms. The third-order valence-electron chi connectivity index (χ3n) is 3.34. The highest BCUT2D eigenvalue weighted by molar-refractivity contribution is 7.90. The van der Waals surface area contributed by atoms with Gasteiger partial charge in [-0.2, -0.15) is 13.2 Å². The lowest BCUT2D eigenvalue weighted by Gasteiger charge is -2.15. The first-order valence-electron chi connectivity index (χ1n) is 7.08. The van der Waals surface area contributed by atoms with E-state index >= 15 is 0 Å². The third kappa shape index (κ3) is 4.02. The molecule has 138 valence electrons. The number of benzene rings is 1. The quantitative estimate of drug-likeness (QED) is 0.852. The van der Waals surface area contributed by atoms with Crippen LogP contribution in [0, 0.1) is 0 Å². The maximum absolute atomic E-state index is 13.1. The van der Waals surface area contributed by atoms with Gasteiger partial charge in [-0.05, 0) is 18.2 Å². The van der Waals surface area contributed by atoms with Crippen molar-refractivity contribution in [1.82, 2.24) is 20.6 Å². The molecule has 0 saturated heterocycles. The summed E-state index contributed by atoms with van der Waals surface area (Å²) in [5.41, 5.74) is 1.71. The van der Waals surface area contributed by atoms with Crippen molar-refractivity contribution in [3.05, 3.63) is 47.8 Å². The fraction of sp³-hybridized carbons (Fsp3) is 0.214. The summed E-state index contributed by atoms with van der Waals surface area (Å²) >= 11 is 0. The zero-order valence-electron chi connectivity index (χ0n) is 13.2. The van der Waals surface area contributed by atoms with Gasteiger partial charge in [0.1, 0.15) is 12.5 Å². The van der Waals surface area contributed by atoms with Gasteiger partial charge in [0.25, 0.3) is 0 Å². The Morgan fingerprint density at radius 2 is 2.08 bits per heavy atom. The first kappa shape index (κ1) is 17.9. The molecule has 0 aliphatic carbocycles. The number of amidine groups is 1. The summed E-state index contributed by atoms with van der Waals surface area (Å²) in [7, 11) is -3.83. The third-order valence-corrected chi connectivity index (χ3v) is 4.43. The number of hydrazine groups is 1. The number of nitrogens with zero attached hydrogens (tertiary/aromatic N) is 4. The second-order valence-corrected chi connectivity index (χ2v) is 7.35. The van der Waals surface area contributed by atoms with E-state index in [4.69, 9.17) is 4.42 Å². The van der Waals surface area contributed by atoms with Crippen LogP contribution < -0.4 is 5.43 Å². The number of nitrogens with one attached hydrogen (secondary N) is 1. The Balaban J connectivity index is 1.87. The van der Waals surface area contributed by atoms with Crippen molar-refractivity contribution in [2.45, 2.75) is 11.1 Å². The van der Waals surface area contributed by atoms with E-state index in [1.807, 2.05) is 0 Å². The van der Waals surface area contributed by atoms with E-state index in [2.05, 4.69) is 20.6 Å². The Kier molecular flexibility index (Phi) is 4.44. The highest BCUT2D eigenvalue weighted by Gasteiger charge is 2.33. The van der Waals surface area contributed by atoms with E-state index in [0.717, 1.165) is 24.8 Å². The van der Waals surface area contributed by atoms with Crippen LogP contribution in [0.15, 0.2) is 45.1 Å². The Labute approximate surface area is 145 Å². The summed E-state index contributed by atoms with van der Waals surface area (Å²) in [6.07, 6.45) is 0.289. The fourth-order valence-electron chi connectivity index (χ4n) is 2.12. The second kappa shape index (κ2) is 6.44. The molecule has 1 N–H and O–H groups in total. The van der Waals surface area contributed by atoms with Crippen LogP contribution in [0.3, 0.4) is 0 Å². The highest BCUT2D eigenvalue weighted by Crippen LogP contribution is 2.32. The molecule has 1 aromatic carbocycles. The number of aliphatic imine (C=N–C) groups is 1. The van der Waals surface area contributed by atoms with Gasteiger partial charge >= 0.3 is 6.18 Å². The maximum Gasteiger partial charge on any atom is 0.416 e. The molecule has 0 bridgehead atoms. The van der Waals surface area contributed by atoms with Crippen molar-refractivity contribution in [1.29, 1.82) is 0 Å². The van der Waals surface area contributed by atoms with Gasteiger partial charge in [0.05, 0.1) is 10.5 Å². The average molecular weight is 387 g/mol. The fourth-order valence-corrected chi connectivity index (χ4v) is 2.80. The molecule has 0 spiro atoms. The minimum absolute atomic E-state index is 0.00828. The molecule has 0 radical (unpaired) electrons. The lowest BCUT2D eigenvalue weighted by molar-refractivity contribution is -0.137. The van der Waals surface area contributed by atoms with Gasteiger partial charge in [-0.15, -0.1) is 10.2 Å². The van der Waals surface area contributed by atoms with Gasteiger partial charge in [-0.25, -0.2) is 13.4 Å². The number of sulfone groups is 1. The molecule has 0 fully saturated rings. The molecule has 1 aliphatic heterocycles. The Morgan fingerprint density at radius 3 is 2.69 bits per heavy atom. The Bertz CT molecular complexity index is 968. The molecule has 12 heteroatoms. The maximum atomic E-state index is 13.1. The predicted octanol–water partition coefficient (Wildman–Crippen LogP) is 1.69. The van der Waals surface area contributed by atoms with E-state index in [1.165, 1.54) is 17.3 Å². The van der Waals surface area contributed by atoms with E-state index in [-0.39, 0.29) is 24.0 Å². The van der Waals surface area contributed by atoms with E-state index in [0.29, 0.717) is 6.07 Å². The standard InChI is InChI=1S/C14H12F3N5O3S/c1-26(23,24)11-5-9(4-10(6-11)14(15,16)17)13-18-7-22(21-13)3-2-12-20-19-8-25-12/h2-6,8H,7H2,1H3,(H,18,21)/b3-2-. The Hall–Kier alpha value is -2.89. The molecule has 0 unspecified atom stereocenters. The molecule has 1 aliphatic rings. The van der Waals surface area contributed by atoms with Crippen LogP contribution in [0.25, 0.3) is 6.08 Å². The number of rotatable bonds is 4. The summed E-state index contributed by atoms with van der Waals surface area (Å²) in [5, 5.41) is 8.60. The van der Waals surface area contributed by atoms with Gasteiger partial charge in [-0.3, -0.25) is 10.4 Å². The van der Waals surface area contributed by atoms with Crippen LogP contribution in [0.4, 0.5) is 13.2 Å². The molecular weight excluding hydrogens is 375 g/mol. The lowest BCUT2D eigenvalue weighted by atomic mass is 10.1. The van der Waals surface area contributed by atoms with Crippen LogP contribution in [0.2, 0.25) is 0 Å². The number of hydrogen-bond acceptors (Lipinski definition) is 8. The first-order valence-corrected chi connectivity index (χ1v) is 8.97. The topological polar surface area (TPSA) is 101 Å². The Morgan fingerprint density at radius 1 is 1.31 bits per heavy atom. The molecule has 2 aromatic rings. The lowest BCUT2D eigenvalue weighted by Crippen LogP contribution is -2.32. The highest BCUT2D eigenvalue weighted by atomic mass is 32.2.